The second-order valence-corrected chi connectivity index (χ2v) is 11.6. The van der Waals surface area contributed by atoms with Crippen molar-refractivity contribution < 1.29 is 9.84 Å². The lowest BCUT2D eigenvalue weighted by Gasteiger charge is -2.38. The van der Waals surface area contributed by atoms with Gasteiger partial charge in [-0.3, -0.25) is 19.8 Å². The van der Waals surface area contributed by atoms with E-state index >= 15 is 0 Å². The Morgan fingerprint density at radius 3 is 1.98 bits per heavy atom. The van der Waals surface area contributed by atoms with E-state index in [1.54, 1.807) is 7.11 Å². The number of nitrogens with zero attached hydrogens (tertiary/aromatic N) is 4. The van der Waals surface area contributed by atoms with Crippen LogP contribution in [0.15, 0.2) is 97.3 Å². The van der Waals surface area contributed by atoms with Gasteiger partial charge >= 0.3 is 0 Å². The maximum atomic E-state index is 11.3. The summed E-state index contributed by atoms with van der Waals surface area (Å²) in [4.78, 5) is 13.8. The van der Waals surface area contributed by atoms with Crippen LogP contribution in [0.4, 0.5) is 0 Å². The molecule has 3 N–H and O–H groups in total. The van der Waals surface area contributed by atoms with E-state index in [4.69, 9.17) is 4.74 Å². The minimum atomic E-state index is -0.794. The molecule has 1 fully saturated rings. The SMILES string of the molecule is COc1cccc(C2(O)CCN(Cc3ccc(CN(CCNCc4ccccn4)CCNCc4ccccn4)cc3)CC2)c1. The number of hydrogen-bond acceptors (Lipinski definition) is 8. The number of benzene rings is 2. The lowest BCUT2D eigenvalue weighted by molar-refractivity contribution is -0.0278. The lowest BCUT2D eigenvalue weighted by atomic mass is 9.84. The van der Waals surface area contributed by atoms with E-state index in [9.17, 15) is 5.11 Å². The molecule has 1 aliphatic rings. The molecule has 0 atom stereocenters. The number of methoxy groups -OCH3 is 1. The van der Waals surface area contributed by atoms with Crippen LogP contribution in [0.3, 0.4) is 0 Å². The Morgan fingerprint density at radius 2 is 1.41 bits per heavy atom. The van der Waals surface area contributed by atoms with Crippen molar-refractivity contribution >= 4 is 0 Å². The first kappa shape index (κ1) is 31.8. The molecule has 0 amide bonds. The highest BCUT2D eigenvalue weighted by Gasteiger charge is 2.34. The molecule has 8 heteroatoms. The number of pyridine rings is 2. The number of nitrogens with one attached hydrogen (secondary N) is 2. The Bertz CT molecular complexity index is 1330. The van der Waals surface area contributed by atoms with Crippen LogP contribution in [0.5, 0.6) is 5.75 Å². The molecule has 1 aliphatic heterocycles. The molecule has 5 rings (SSSR count). The molecule has 44 heavy (non-hydrogen) atoms. The first-order valence-corrected chi connectivity index (χ1v) is 15.7. The quantitative estimate of drug-likeness (QED) is 0.165. The van der Waals surface area contributed by atoms with Gasteiger partial charge in [-0.05, 0) is 65.9 Å². The monoisotopic (exact) mass is 594 g/mol. The van der Waals surface area contributed by atoms with Crippen LogP contribution in [-0.4, -0.2) is 71.3 Å². The van der Waals surface area contributed by atoms with Crippen LogP contribution in [0, 0.1) is 0 Å². The Kier molecular flexibility index (Phi) is 11.9. The van der Waals surface area contributed by atoms with Crippen molar-refractivity contribution in [2.45, 2.75) is 44.6 Å². The summed E-state index contributed by atoms with van der Waals surface area (Å²) in [5, 5.41) is 18.4. The number of hydrogen-bond donors (Lipinski definition) is 3. The number of piperidine rings is 1. The van der Waals surface area contributed by atoms with Gasteiger partial charge < -0.3 is 20.5 Å². The Morgan fingerprint density at radius 1 is 0.795 bits per heavy atom. The van der Waals surface area contributed by atoms with Gasteiger partial charge in [-0.25, -0.2) is 0 Å². The maximum Gasteiger partial charge on any atom is 0.119 e. The molecule has 0 spiro atoms. The fourth-order valence-electron chi connectivity index (χ4n) is 5.73. The fourth-order valence-corrected chi connectivity index (χ4v) is 5.73. The molecule has 0 bridgehead atoms. The topological polar surface area (TPSA) is 85.8 Å². The molecule has 8 nitrogen and oxygen atoms in total. The smallest absolute Gasteiger partial charge is 0.119 e. The molecule has 0 aliphatic carbocycles. The van der Waals surface area contributed by atoms with Gasteiger partial charge in [0.1, 0.15) is 5.75 Å². The van der Waals surface area contributed by atoms with Crippen LogP contribution in [0.25, 0.3) is 0 Å². The summed E-state index contributed by atoms with van der Waals surface area (Å²) in [6.07, 6.45) is 5.12. The second-order valence-electron chi connectivity index (χ2n) is 11.6. The highest BCUT2D eigenvalue weighted by molar-refractivity contribution is 5.33. The molecule has 2 aromatic heterocycles. The van der Waals surface area contributed by atoms with Crippen LogP contribution in [-0.2, 0) is 31.8 Å². The van der Waals surface area contributed by atoms with E-state index in [1.807, 2.05) is 60.9 Å². The van der Waals surface area contributed by atoms with Crippen LogP contribution < -0.4 is 15.4 Å². The summed E-state index contributed by atoms with van der Waals surface area (Å²) in [6.45, 7) is 8.75. The van der Waals surface area contributed by atoms with Gasteiger partial charge in [0.2, 0.25) is 0 Å². The highest BCUT2D eigenvalue weighted by Crippen LogP contribution is 2.34. The van der Waals surface area contributed by atoms with E-state index in [-0.39, 0.29) is 0 Å². The maximum absolute atomic E-state index is 11.3. The molecule has 232 valence electrons. The normalized spacial score (nSPS) is 15.0. The van der Waals surface area contributed by atoms with Crippen molar-refractivity contribution in [3.05, 3.63) is 125 Å². The van der Waals surface area contributed by atoms with E-state index in [1.165, 1.54) is 11.1 Å². The Hall–Kier alpha value is -3.66. The van der Waals surface area contributed by atoms with Crippen LogP contribution in [0.2, 0.25) is 0 Å². The average molecular weight is 595 g/mol. The molecule has 2 aromatic carbocycles. The predicted octanol–water partition coefficient (Wildman–Crippen LogP) is 4.35. The minimum absolute atomic E-state index is 0.718. The summed E-state index contributed by atoms with van der Waals surface area (Å²) < 4.78 is 5.37. The summed E-state index contributed by atoms with van der Waals surface area (Å²) in [6, 6.07) is 29.0. The van der Waals surface area contributed by atoms with Crippen LogP contribution >= 0.6 is 0 Å². The molecule has 3 heterocycles. The van der Waals surface area contributed by atoms with Gasteiger partial charge in [-0.15, -0.1) is 0 Å². The molecule has 0 saturated carbocycles. The van der Waals surface area contributed by atoms with Gasteiger partial charge in [0.15, 0.2) is 0 Å². The zero-order valence-corrected chi connectivity index (χ0v) is 25.9. The van der Waals surface area contributed by atoms with E-state index < -0.39 is 5.60 Å². The largest absolute Gasteiger partial charge is 0.497 e. The number of ether oxygens (including phenoxy) is 1. The number of rotatable bonds is 16. The highest BCUT2D eigenvalue weighted by atomic mass is 16.5. The number of likely N-dealkylation sites (tertiary alicyclic amines) is 1. The first-order chi connectivity index (χ1) is 21.6. The third kappa shape index (κ3) is 9.67. The molecule has 0 unspecified atom stereocenters. The molecule has 1 saturated heterocycles. The number of aromatic nitrogens is 2. The third-order valence-corrected chi connectivity index (χ3v) is 8.40. The molecular formula is C36H46N6O2. The first-order valence-electron chi connectivity index (χ1n) is 15.7. The van der Waals surface area contributed by atoms with E-state index in [0.29, 0.717) is 0 Å². The fraction of sp³-hybridized carbons (Fsp3) is 0.389. The Balaban J connectivity index is 1.10. The predicted molar refractivity (Wildman–Crippen MR) is 175 cm³/mol. The van der Waals surface area contributed by atoms with Crippen molar-refractivity contribution in [3.63, 3.8) is 0 Å². The van der Waals surface area contributed by atoms with Gasteiger partial charge in [0.25, 0.3) is 0 Å². The lowest BCUT2D eigenvalue weighted by Crippen LogP contribution is -2.42. The van der Waals surface area contributed by atoms with Crippen molar-refractivity contribution in [2.24, 2.45) is 0 Å². The van der Waals surface area contributed by atoms with Crippen molar-refractivity contribution in [3.8, 4) is 5.75 Å². The van der Waals surface area contributed by atoms with Gasteiger partial charge in [0.05, 0.1) is 24.1 Å². The van der Waals surface area contributed by atoms with Crippen molar-refractivity contribution in [1.29, 1.82) is 0 Å². The Labute approximate surface area is 262 Å². The molecule has 0 radical (unpaired) electrons. The zero-order valence-electron chi connectivity index (χ0n) is 25.9. The van der Waals surface area contributed by atoms with Gasteiger partial charge in [-0.2, -0.15) is 0 Å². The standard InChI is InChI=1S/C36H46N6O2/c1-44-35-10-6-7-32(25-35)36(43)15-21-41(22-16-36)28-30-11-13-31(14-12-30)29-42(23-19-37-26-33-8-2-4-17-39-33)24-20-38-27-34-9-3-5-18-40-34/h2-14,17-18,25,37-38,43H,15-16,19-24,26-29H2,1H3. The summed E-state index contributed by atoms with van der Waals surface area (Å²) in [7, 11) is 1.67. The van der Waals surface area contributed by atoms with E-state index in [0.717, 1.165) is 101 Å². The third-order valence-electron chi connectivity index (χ3n) is 8.40. The zero-order chi connectivity index (χ0) is 30.5. The van der Waals surface area contributed by atoms with E-state index in [2.05, 4.69) is 66.8 Å². The summed E-state index contributed by atoms with van der Waals surface area (Å²) >= 11 is 0. The number of aliphatic hydroxyl groups is 1. The van der Waals surface area contributed by atoms with Gasteiger partial charge in [-0.1, -0.05) is 48.5 Å². The van der Waals surface area contributed by atoms with Crippen LogP contribution in [0.1, 0.15) is 40.9 Å². The van der Waals surface area contributed by atoms with Crippen molar-refractivity contribution in [1.82, 2.24) is 30.4 Å². The average Bonchev–Trinajstić information content (AvgIpc) is 3.08. The van der Waals surface area contributed by atoms with Crippen molar-refractivity contribution in [2.75, 3.05) is 46.4 Å². The second kappa shape index (κ2) is 16.4. The summed E-state index contributed by atoms with van der Waals surface area (Å²) in [5.74, 6) is 0.790. The summed E-state index contributed by atoms with van der Waals surface area (Å²) in [5.41, 5.74) is 4.90. The van der Waals surface area contributed by atoms with Gasteiger partial charge in [0, 0.05) is 77.8 Å². The minimum Gasteiger partial charge on any atom is -0.497 e. The molecule has 4 aromatic rings. The molecular weight excluding hydrogens is 548 g/mol.